The van der Waals surface area contributed by atoms with Gasteiger partial charge >= 0.3 is 5.97 Å². The number of hydrogen-bond donors (Lipinski definition) is 2. The van der Waals surface area contributed by atoms with Crippen LogP contribution in [0, 0.1) is 0 Å². The Morgan fingerprint density at radius 2 is 1.76 bits per heavy atom. The van der Waals surface area contributed by atoms with E-state index < -0.39 is 11.5 Å². The molecule has 0 unspecified atom stereocenters. The zero-order valence-electron chi connectivity index (χ0n) is 21.0. The predicted octanol–water partition coefficient (Wildman–Crippen LogP) is 6.75. The molecule has 3 aromatic rings. The van der Waals surface area contributed by atoms with Crippen LogP contribution in [0.3, 0.4) is 0 Å². The van der Waals surface area contributed by atoms with Crippen LogP contribution in [-0.2, 0) is 21.4 Å². The first-order valence-corrected chi connectivity index (χ1v) is 13.1. The van der Waals surface area contributed by atoms with Gasteiger partial charge in [-0.3, -0.25) is 0 Å². The van der Waals surface area contributed by atoms with E-state index in [2.05, 4.69) is 41.7 Å². The largest absolute Gasteiger partial charge is 0.496 e. The number of hydrogen-bond acceptors (Lipinski definition) is 4. The third-order valence-electron chi connectivity index (χ3n) is 7.96. The molecule has 0 bridgehead atoms. The zero-order valence-corrected chi connectivity index (χ0v) is 21.8. The van der Waals surface area contributed by atoms with Crippen LogP contribution in [0.15, 0.2) is 78.4 Å². The molecule has 1 fully saturated rings. The van der Waals surface area contributed by atoms with E-state index in [9.17, 15) is 9.90 Å². The highest BCUT2D eigenvalue weighted by Crippen LogP contribution is 2.53. The standard InChI is InChI=1S/C31H32ClNO4/c1-36-28-12-5-3-7-22(28)13-18-37-21-24-19-23-8-2-4-11-27(23)30(24)14-16-31(17-15-30,29(34)35)33-26-10-6-9-25(32)20-26/h2-12,19-20,33H,13-18,21H2,1H3,(H,34,35). The van der Waals surface area contributed by atoms with Crippen LogP contribution >= 0.6 is 11.6 Å². The molecule has 2 N–H and O–H groups in total. The Labute approximate surface area is 223 Å². The molecule has 2 aliphatic carbocycles. The summed E-state index contributed by atoms with van der Waals surface area (Å²) >= 11 is 6.16. The summed E-state index contributed by atoms with van der Waals surface area (Å²) in [5, 5.41) is 14.2. The molecule has 2 aliphatic rings. The van der Waals surface area contributed by atoms with Crippen molar-refractivity contribution in [3.8, 4) is 5.75 Å². The molecule has 1 spiro atoms. The van der Waals surface area contributed by atoms with Crippen LogP contribution in [-0.4, -0.2) is 36.9 Å². The number of carbonyl (C=O) groups is 1. The predicted molar refractivity (Wildman–Crippen MR) is 148 cm³/mol. The van der Waals surface area contributed by atoms with Gasteiger partial charge in [0.15, 0.2) is 0 Å². The molecule has 0 saturated heterocycles. The maximum Gasteiger partial charge on any atom is 0.329 e. The number of fused-ring (bicyclic) bond motifs is 2. The molecule has 192 valence electrons. The van der Waals surface area contributed by atoms with Crippen molar-refractivity contribution in [1.29, 1.82) is 0 Å². The number of halogens is 1. The Balaban J connectivity index is 1.32. The summed E-state index contributed by atoms with van der Waals surface area (Å²) in [5.74, 6) is 0.0479. The lowest BCUT2D eigenvalue weighted by molar-refractivity contribution is -0.143. The molecule has 0 aromatic heterocycles. The minimum Gasteiger partial charge on any atom is -0.496 e. The molecule has 0 heterocycles. The molecule has 0 radical (unpaired) electrons. The van der Waals surface area contributed by atoms with Crippen LogP contribution in [0.5, 0.6) is 5.75 Å². The lowest BCUT2D eigenvalue weighted by atomic mass is 9.62. The van der Waals surface area contributed by atoms with E-state index in [4.69, 9.17) is 21.1 Å². The smallest absolute Gasteiger partial charge is 0.329 e. The van der Waals surface area contributed by atoms with Crippen molar-refractivity contribution in [1.82, 2.24) is 0 Å². The third kappa shape index (κ3) is 4.98. The first-order chi connectivity index (χ1) is 18.0. The minimum absolute atomic E-state index is 0.212. The fraction of sp³-hybridized carbons (Fsp3) is 0.323. The van der Waals surface area contributed by atoms with Gasteiger partial charge in [0.1, 0.15) is 11.3 Å². The van der Waals surface area contributed by atoms with Gasteiger partial charge < -0.3 is 19.9 Å². The second kappa shape index (κ2) is 10.6. The van der Waals surface area contributed by atoms with Crippen molar-refractivity contribution in [3.05, 3.63) is 100 Å². The van der Waals surface area contributed by atoms with E-state index in [1.54, 1.807) is 19.2 Å². The number of aliphatic carboxylic acids is 1. The number of para-hydroxylation sites is 1. The SMILES string of the molecule is COc1ccccc1CCOCC1=Cc2ccccc2C12CCC(Nc1cccc(Cl)c1)(C(=O)O)CC2. The van der Waals surface area contributed by atoms with Crippen molar-refractivity contribution in [2.45, 2.75) is 43.1 Å². The van der Waals surface area contributed by atoms with Crippen LogP contribution in [0.2, 0.25) is 5.02 Å². The number of carboxylic acid groups (broad SMARTS) is 1. The number of rotatable bonds is 9. The average molecular weight is 518 g/mol. The van der Waals surface area contributed by atoms with Gasteiger partial charge in [0.05, 0.1) is 20.3 Å². The first-order valence-electron chi connectivity index (χ1n) is 12.7. The van der Waals surface area contributed by atoms with Gasteiger partial charge in [-0.1, -0.05) is 66.2 Å². The highest BCUT2D eigenvalue weighted by molar-refractivity contribution is 6.30. The van der Waals surface area contributed by atoms with Crippen molar-refractivity contribution < 1.29 is 19.4 Å². The molecule has 0 amide bonds. The Kier molecular flexibility index (Phi) is 7.27. The molecule has 3 aromatic carbocycles. The topological polar surface area (TPSA) is 67.8 Å². The summed E-state index contributed by atoms with van der Waals surface area (Å²) in [5.41, 5.74) is 4.32. The molecule has 5 nitrogen and oxygen atoms in total. The summed E-state index contributed by atoms with van der Waals surface area (Å²) in [6.07, 6.45) is 5.47. The molecular formula is C31H32ClNO4. The number of ether oxygens (including phenoxy) is 2. The number of carboxylic acids is 1. The van der Waals surface area contributed by atoms with Gasteiger partial charge in [0.25, 0.3) is 0 Å². The van der Waals surface area contributed by atoms with Crippen LogP contribution in [0.25, 0.3) is 6.08 Å². The molecular weight excluding hydrogens is 486 g/mol. The van der Waals surface area contributed by atoms with Crippen molar-refractivity contribution in [2.75, 3.05) is 25.6 Å². The third-order valence-corrected chi connectivity index (χ3v) is 8.20. The van der Waals surface area contributed by atoms with Crippen molar-refractivity contribution in [2.24, 2.45) is 0 Å². The lowest BCUT2D eigenvalue weighted by Crippen LogP contribution is -2.52. The van der Waals surface area contributed by atoms with Crippen LogP contribution in [0.4, 0.5) is 5.69 Å². The van der Waals surface area contributed by atoms with E-state index in [1.165, 1.54) is 16.7 Å². The average Bonchev–Trinajstić information content (AvgIpc) is 3.21. The first kappa shape index (κ1) is 25.4. The Morgan fingerprint density at radius 1 is 1.00 bits per heavy atom. The van der Waals surface area contributed by atoms with Gasteiger partial charge in [-0.2, -0.15) is 0 Å². The summed E-state index contributed by atoms with van der Waals surface area (Å²) in [6, 6.07) is 23.7. The van der Waals surface area contributed by atoms with Gasteiger partial charge in [-0.15, -0.1) is 0 Å². The van der Waals surface area contributed by atoms with Crippen LogP contribution in [0.1, 0.15) is 42.4 Å². The van der Waals surface area contributed by atoms with E-state index in [1.807, 2.05) is 30.3 Å². The lowest BCUT2D eigenvalue weighted by Gasteiger charge is -2.45. The maximum atomic E-state index is 12.5. The summed E-state index contributed by atoms with van der Waals surface area (Å²) in [4.78, 5) is 12.5. The fourth-order valence-electron chi connectivity index (χ4n) is 5.94. The number of benzene rings is 3. The van der Waals surface area contributed by atoms with Gasteiger partial charge in [0.2, 0.25) is 0 Å². The zero-order chi connectivity index (χ0) is 25.9. The quantitative estimate of drug-likeness (QED) is 0.307. The maximum absolute atomic E-state index is 12.5. The second-order valence-electron chi connectivity index (χ2n) is 9.98. The van der Waals surface area contributed by atoms with E-state index >= 15 is 0 Å². The van der Waals surface area contributed by atoms with Gasteiger partial charge in [0, 0.05) is 16.1 Å². The number of anilines is 1. The molecule has 5 rings (SSSR count). The normalized spacial score (nSPS) is 22.4. The van der Waals surface area contributed by atoms with Gasteiger partial charge in [-0.05, 0) is 78.6 Å². The second-order valence-corrected chi connectivity index (χ2v) is 10.4. The van der Waals surface area contributed by atoms with Crippen LogP contribution < -0.4 is 10.1 Å². The Bertz CT molecular complexity index is 1310. The number of nitrogens with one attached hydrogen (secondary N) is 1. The Hall–Kier alpha value is -3.28. The Morgan fingerprint density at radius 3 is 2.51 bits per heavy atom. The molecule has 1 saturated carbocycles. The van der Waals surface area contributed by atoms with Gasteiger partial charge in [-0.25, -0.2) is 4.79 Å². The molecule has 6 heteroatoms. The molecule has 37 heavy (non-hydrogen) atoms. The van der Waals surface area contributed by atoms with E-state index in [0.717, 1.165) is 36.3 Å². The fourth-order valence-corrected chi connectivity index (χ4v) is 6.13. The monoisotopic (exact) mass is 517 g/mol. The summed E-state index contributed by atoms with van der Waals surface area (Å²) < 4.78 is 11.7. The highest BCUT2D eigenvalue weighted by Gasteiger charge is 2.51. The molecule has 0 atom stereocenters. The van der Waals surface area contributed by atoms with E-state index in [-0.39, 0.29) is 5.41 Å². The summed E-state index contributed by atoms with van der Waals surface area (Å²) in [6.45, 7) is 1.10. The van der Waals surface area contributed by atoms with Crippen molar-refractivity contribution >= 4 is 29.3 Å². The summed E-state index contributed by atoms with van der Waals surface area (Å²) in [7, 11) is 1.69. The van der Waals surface area contributed by atoms with Crippen molar-refractivity contribution in [3.63, 3.8) is 0 Å². The highest BCUT2D eigenvalue weighted by atomic mass is 35.5. The number of methoxy groups -OCH3 is 1. The van der Waals surface area contributed by atoms with E-state index in [0.29, 0.717) is 31.1 Å². The minimum atomic E-state index is -1.04. The molecule has 0 aliphatic heterocycles.